The fourth-order valence-electron chi connectivity index (χ4n) is 2.76. The number of carbonyl (C=O) groups excluding carboxylic acids is 2. The Bertz CT molecular complexity index is 569. The van der Waals surface area contributed by atoms with Crippen LogP contribution in [0.5, 0.6) is 0 Å². The van der Waals surface area contributed by atoms with Gasteiger partial charge in [-0.15, -0.1) is 0 Å². The topological polar surface area (TPSA) is 67.4 Å². The van der Waals surface area contributed by atoms with E-state index in [2.05, 4.69) is 22.3 Å². The number of methoxy groups -OCH3 is 1. The molecule has 6 heteroatoms. The number of carbonyl (C=O) groups is 2. The Kier molecular flexibility index (Phi) is 5.96. The molecule has 0 saturated heterocycles. The summed E-state index contributed by atoms with van der Waals surface area (Å²) in [6.45, 7) is 2.18. The molecule has 2 rings (SSSR count). The Balaban J connectivity index is 1.87. The van der Waals surface area contributed by atoms with Gasteiger partial charge >= 0.3 is 5.97 Å². The third kappa shape index (κ3) is 4.94. The van der Waals surface area contributed by atoms with E-state index >= 15 is 0 Å². The molecule has 0 bridgehead atoms. The highest BCUT2D eigenvalue weighted by molar-refractivity contribution is 5.90. The van der Waals surface area contributed by atoms with E-state index in [0.29, 0.717) is 0 Å². The lowest BCUT2D eigenvalue weighted by Crippen LogP contribution is -2.40. The third-order valence-electron chi connectivity index (χ3n) is 4.21. The van der Waals surface area contributed by atoms with Crippen LogP contribution in [-0.2, 0) is 9.53 Å². The Hall–Kier alpha value is -2.11. The number of nitrogens with one attached hydrogen (secondary N) is 2. The summed E-state index contributed by atoms with van der Waals surface area (Å²) in [4.78, 5) is 23.4. The van der Waals surface area contributed by atoms with Crippen LogP contribution in [0.4, 0.5) is 10.1 Å². The molecule has 0 aromatic heterocycles. The summed E-state index contributed by atoms with van der Waals surface area (Å²) < 4.78 is 18.3. The fraction of sp³-hybridized carbons (Fsp3) is 0.529. The minimum Gasteiger partial charge on any atom is -0.465 e. The van der Waals surface area contributed by atoms with Gasteiger partial charge in [-0.05, 0) is 49.8 Å². The minimum atomic E-state index is -0.547. The maximum absolute atomic E-state index is 13.7. The molecule has 0 atom stereocenters. The minimum absolute atomic E-state index is 0.0341. The number of ether oxygens (including phenoxy) is 1. The number of hydrogen-bond donors (Lipinski definition) is 2. The van der Waals surface area contributed by atoms with Crippen LogP contribution in [0.1, 0.15) is 43.0 Å². The van der Waals surface area contributed by atoms with E-state index in [0.717, 1.165) is 31.6 Å². The average Bonchev–Trinajstić information content (AvgIpc) is 2.55. The zero-order chi connectivity index (χ0) is 16.8. The predicted octanol–water partition coefficient (Wildman–Crippen LogP) is 2.72. The van der Waals surface area contributed by atoms with Crippen LogP contribution in [0.15, 0.2) is 18.2 Å². The Morgan fingerprint density at radius 2 is 1.96 bits per heavy atom. The van der Waals surface area contributed by atoms with Crippen molar-refractivity contribution in [3.8, 4) is 0 Å². The van der Waals surface area contributed by atoms with E-state index in [-0.39, 0.29) is 29.7 Å². The third-order valence-corrected chi connectivity index (χ3v) is 4.21. The number of halogens is 1. The molecule has 1 aromatic carbocycles. The van der Waals surface area contributed by atoms with Gasteiger partial charge < -0.3 is 15.4 Å². The summed E-state index contributed by atoms with van der Waals surface area (Å²) in [5, 5.41) is 5.70. The molecule has 5 nitrogen and oxygen atoms in total. The molecule has 126 valence electrons. The quantitative estimate of drug-likeness (QED) is 0.818. The second-order valence-electron chi connectivity index (χ2n) is 6.06. The first-order valence-corrected chi connectivity index (χ1v) is 7.90. The SMILES string of the molecule is COC(=O)c1ccc(F)c(NCC(=O)NC2CCC(C)CC2)c1. The van der Waals surface area contributed by atoms with Crippen LogP contribution in [0, 0.1) is 11.7 Å². The summed E-state index contributed by atoms with van der Waals surface area (Å²) in [6, 6.07) is 4.06. The summed E-state index contributed by atoms with van der Waals surface area (Å²) >= 11 is 0. The van der Waals surface area contributed by atoms with Gasteiger partial charge in [0.25, 0.3) is 0 Å². The van der Waals surface area contributed by atoms with Crippen molar-refractivity contribution in [1.82, 2.24) is 5.32 Å². The zero-order valence-corrected chi connectivity index (χ0v) is 13.5. The number of hydrogen-bond acceptors (Lipinski definition) is 4. The number of rotatable bonds is 5. The maximum Gasteiger partial charge on any atom is 0.337 e. The van der Waals surface area contributed by atoms with Crippen molar-refractivity contribution in [2.24, 2.45) is 5.92 Å². The van der Waals surface area contributed by atoms with Crippen molar-refractivity contribution in [3.63, 3.8) is 0 Å². The summed E-state index contributed by atoms with van der Waals surface area (Å²) in [6.07, 6.45) is 4.21. The highest BCUT2D eigenvalue weighted by Gasteiger charge is 2.19. The summed E-state index contributed by atoms with van der Waals surface area (Å²) in [5.41, 5.74) is 0.346. The molecule has 0 aliphatic heterocycles. The van der Waals surface area contributed by atoms with E-state index in [1.807, 2.05) is 0 Å². The normalized spacial score (nSPS) is 20.7. The van der Waals surface area contributed by atoms with Gasteiger partial charge in [-0.2, -0.15) is 0 Å². The van der Waals surface area contributed by atoms with Gasteiger partial charge in [0.15, 0.2) is 0 Å². The molecule has 1 aromatic rings. The Morgan fingerprint density at radius 3 is 2.61 bits per heavy atom. The smallest absolute Gasteiger partial charge is 0.337 e. The van der Waals surface area contributed by atoms with Crippen molar-refractivity contribution in [1.29, 1.82) is 0 Å². The first-order valence-electron chi connectivity index (χ1n) is 7.90. The van der Waals surface area contributed by atoms with Crippen LogP contribution < -0.4 is 10.6 Å². The Labute approximate surface area is 135 Å². The van der Waals surface area contributed by atoms with Crippen molar-refractivity contribution < 1.29 is 18.7 Å². The van der Waals surface area contributed by atoms with Crippen molar-refractivity contribution >= 4 is 17.6 Å². The molecule has 23 heavy (non-hydrogen) atoms. The van der Waals surface area contributed by atoms with Crippen LogP contribution in [0.25, 0.3) is 0 Å². The molecule has 0 unspecified atom stereocenters. The number of esters is 1. The molecule has 0 spiro atoms. The zero-order valence-electron chi connectivity index (χ0n) is 13.5. The van der Waals surface area contributed by atoms with E-state index < -0.39 is 11.8 Å². The molecule has 0 heterocycles. The largest absolute Gasteiger partial charge is 0.465 e. The maximum atomic E-state index is 13.7. The first kappa shape index (κ1) is 17.2. The summed E-state index contributed by atoms with van der Waals surface area (Å²) in [7, 11) is 1.26. The van der Waals surface area contributed by atoms with Crippen LogP contribution in [0.2, 0.25) is 0 Å². The highest BCUT2D eigenvalue weighted by atomic mass is 19.1. The first-order chi connectivity index (χ1) is 11.0. The number of benzene rings is 1. The second kappa shape index (κ2) is 7.94. The number of anilines is 1. The van der Waals surface area contributed by atoms with Gasteiger partial charge in [-0.3, -0.25) is 4.79 Å². The molecule has 2 N–H and O–H groups in total. The predicted molar refractivity (Wildman–Crippen MR) is 85.8 cm³/mol. The van der Waals surface area contributed by atoms with Gasteiger partial charge in [0, 0.05) is 6.04 Å². The van der Waals surface area contributed by atoms with E-state index in [9.17, 15) is 14.0 Å². The van der Waals surface area contributed by atoms with Crippen LogP contribution >= 0.6 is 0 Å². The van der Waals surface area contributed by atoms with Gasteiger partial charge in [-0.25, -0.2) is 9.18 Å². The summed E-state index contributed by atoms with van der Waals surface area (Å²) in [5.74, 6) is -0.519. The van der Waals surface area contributed by atoms with Gasteiger partial charge in [-0.1, -0.05) is 6.92 Å². The van der Waals surface area contributed by atoms with Crippen molar-refractivity contribution in [2.45, 2.75) is 38.6 Å². The monoisotopic (exact) mass is 322 g/mol. The fourth-order valence-corrected chi connectivity index (χ4v) is 2.76. The van der Waals surface area contributed by atoms with Gasteiger partial charge in [0.2, 0.25) is 5.91 Å². The molecule has 1 aliphatic rings. The Morgan fingerprint density at radius 1 is 1.26 bits per heavy atom. The van der Waals surface area contributed by atoms with E-state index in [1.165, 1.54) is 25.3 Å². The van der Waals surface area contributed by atoms with Crippen molar-refractivity contribution in [3.05, 3.63) is 29.6 Å². The average molecular weight is 322 g/mol. The molecular weight excluding hydrogens is 299 g/mol. The van der Waals surface area contributed by atoms with E-state index in [4.69, 9.17) is 0 Å². The molecular formula is C17H23FN2O3. The standard InChI is InChI=1S/C17H23FN2O3/c1-11-3-6-13(7-4-11)20-16(21)10-19-15-9-12(17(22)23-2)5-8-14(15)18/h5,8-9,11,13,19H,3-4,6-7,10H2,1-2H3,(H,20,21). The lowest BCUT2D eigenvalue weighted by atomic mass is 9.87. The van der Waals surface area contributed by atoms with Gasteiger partial charge in [0.05, 0.1) is 24.9 Å². The van der Waals surface area contributed by atoms with Crippen molar-refractivity contribution in [2.75, 3.05) is 19.0 Å². The lowest BCUT2D eigenvalue weighted by molar-refractivity contribution is -0.120. The molecule has 1 aliphatic carbocycles. The second-order valence-corrected chi connectivity index (χ2v) is 6.06. The molecule has 0 radical (unpaired) electrons. The molecule has 1 amide bonds. The number of amides is 1. The molecule has 1 fully saturated rings. The van der Waals surface area contributed by atoms with Gasteiger partial charge in [0.1, 0.15) is 5.82 Å². The van der Waals surface area contributed by atoms with Crippen LogP contribution in [0.3, 0.4) is 0 Å². The molecule has 1 saturated carbocycles. The van der Waals surface area contributed by atoms with Crippen LogP contribution in [-0.4, -0.2) is 31.6 Å². The highest BCUT2D eigenvalue weighted by Crippen LogP contribution is 2.23. The van der Waals surface area contributed by atoms with E-state index in [1.54, 1.807) is 0 Å². The lowest BCUT2D eigenvalue weighted by Gasteiger charge is -2.27.